The molecule has 2 aliphatic rings. The molecule has 2 heterocycles. The van der Waals surface area contributed by atoms with Crippen molar-refractivity contribution in [1.82, 2.24) is 4.90 Å². The first-order valence-electron chi connectivity index (χ1n) is 4.45. The van der Waals surface area contributed by atoms with E-state index in [9.17, 15) is 9.90 Å². The number of rotatable bonds is 0. The highest BCUT2D eigenvalue weighted by atomic mass is 16.5. The summed E-state index contributed by atoms with van der Waals surface area (Å²) >= 11 is 0. The van der Waals surface area contributed by atoms with Gasteiger partial charge in [0.2, 0.25) is 0 Å². The first-order chi connectivity index (χ1) is 6.22. The normalized spacial score (nSPS) is 36.5. The summed E-state index contributed by atoms with van der Waals surface area (Å²) in [5, 5.41) is 9.44. The number of hydrogen-bond acceptors (Lipinski definition) is 3. The lowest BCUT2D eigenvalue weighted by atomic mass is 10.00. The van der Waals surface area contributed by atoms with E-state index in [2.05, 4.69) is 4.74 Å². The van der Waals surface area contributed by atoms with E-state index in [0.29, 0.717) is 12.8 Å². The van der Waals surface area contributed by atoms with E-state index in [-0.39, 0.29) is 24.3 Å². The molecule has 2 aliphatic heterocycles. The minimum Gasteiger partial charge on any atom is -0.453 e. The standard InChI is InChI=1S/C9H13NO3/c1-13-9(12)10-6-2-3-7(10)5-8(11)4-6/h2-3,6-8,11H,4-5H2,1H3/t6-,7+,8?. The van der Waals surface area contributed by atoms with Crippen LogP contribution in [0.2, 0.25) is 0 Å². The number of hydrogen-bond donors (Lipinski definition) is 1. The molecule has 0 aromatic heterocycles. The molecule has 1 N–H and O–H groups in total. The van der Waals surface area contributed by atoms with Crippen LogP contribution in [0.15, 0.2) is 12.2 Å². The van der Waals surface area contributed by atoms with Crippen molar-refractivity contribution in [2.24, 2.45) is 0 Å². The molecule has 0 aromatic rings. The molecule has 13 heavy (non-hydrogen) atoms. The Balaban J connectivity index is 2.13. The molecule has 4 heteroatoms. The average molecular weight is 183 g/mol. The van der Waals surface area contributed by atoms with E-state index in [1.807, 2.05) is 12.2 Å². The van der Waals surface area contributed by atoms with E-state index in [0.717, 1.165) is 0 Å². The summed E-state index contributed by atoms with van der Waals surface area (Å²) in [6.07, 6.45) is 4.61. The van der Waals surface area contributed by atoms with Crippen LogP contribution in [0.5, 0.6) is 0 Å². The molecule has 0 aromatic carbocycles. The quantitative estimate of drug-likeness (QED) is 0.557. The van der Waals surface area contributed by atoms with E-state index in [1.165, 1.54) is 7.11 Å². The number of methoxy groups -OCH3 is 1. The van der Waals surface area contributed by atoms with Crippen LogP contribution in [-0.4, -0.2) is 41.4 Å². The number of carbonyl (C=O) groups excluding carboxylic acids is 1. The zero-order chi connectivity index (χ0) is 9.42. The Labute approximate surface area is 76.8 Å². The van der Waals surface area contributed by atoms with Crippen molar-refractivity contribution in [3.63, 3.8) is 0 Å². The van der Waals surface area contributed by atoms with Crippen molar-refractivity contribution in [2.45, 2.75) is 31.0 Å². The van der Waals surface area contributed by atoms with Gasteiger partial charge in [0.05, 0.1) is 25.3 Å². The minimum atomic E-state index is -0.299. The highest BCUT2D eigenvalue weighted by Crippen LogP contribution is 2.30. The van der Waals surface area contributed by atoms with Crippen LogP contribution in [0.3, 0.4) is 0 Å². The Morgan fingerprint density at radius 1 is 1.46 bits per heavy atom. The highest BCUT2D eigenvalue weighted by Gasteiger charge is 2.39. The maximum Gasteiger partial charge on any atom is 0.410 e. The molecule has 2 bridgehead atoms. The Morgan fingerprint density at radius 3 is 2.46 bits per heavy atom. The number of amides is 1. The number of carbonyl (C=O) groups is 1. The van der Waals surface area contributed by atoms with Gasteiger partial charge in [-0.1, -0.05) is 12.2 Å². The van der Waals surface area contributed by atoms with Crippen LogP contribution in [0, 0.1) is 0 Å². The third kappa shape index (κ3) is 1.31. The Kier molecular flexibility index (Phi) is 2.00. The predicted octanol–water partition coefficient (Wildman–Crippen LogP) is 0.516. The molecule has 0 saturated carbocycles. The number of nitrogens with zero attached hydrogens (tertiary/aromatic N) is 1. The van der Waals surface area contributed by atoms with Gasteiger partial charge in [0.25, 0.3) is 0 Å². The molecule has 0 radical (unpaired) electrons. The lowest BCUT2D eigenvalue weighted by Crippen LogP contribution is -2.48. The number of fused-ring (bicyclic) bond motifs is 2. The van der Waals surface area contributed by atoms with Crippen LogP contribution >= 0.6 is 0 Å². The van der Waals surface area contributed by atoms with Gasteiger partial charge >= 0.3 is 6.09 Å². The lowest BCUT2D eigenvalue weighted by Gasteiger charge is -2.35. The Hall–Kier alpha value is -1.03. The van der Waals surface area contributed by atoms with Crippen molar-refractivity contribution in [2.75, 3.05) is 7.11 Å². The van der Waals surface area contributed by atoms with Gasteiger partial charge in [0, 0.05) is 0 Å². The predicted molar refractivity (Wildman–Crippen MR) is 46.2 cm³/mol. The second-order valence-corrected chi connectivity index (χ2v) is 3.52. The van der Waals surface area contributed by atoms with Crippen LogP contribution in [0.4, 0.5) is 4.79 Å². The fourth-order valence-electron chi connectivity index (χ4n) is 2.10. The largest absolute Gasteiger partial charge is 0.453 e. The fraction of sp³-hybridized carbons (Fsp3) is 0.667. The molecule has 4 nitrogen and oxygen atoms in total. The molecular formula is C9H13NO3. The Morgan fingerprint density at radius 2 is 2.00 bits per heavy atom. The molecule has 1 unspecified atom stereocenters. The third-order valence-electron chi connectivity index (χ3n) is 2.68. The maximum absolute atomic E-state index is 11.3. The SMILES string of the molecule is COC(=O)N1[C@@H]2C=C[C@H]1CC(O)C2. The van der Waals surface area contributed by atoms with E-state index < -0.39 is 0 Å². The van der Waals surface area contributed by atoms with Gasteiger partial charge in [0.15, 0.2) is 0 Å². The molecule has 0 aliphatic carbocycles. The van der Waals surface area contributed by atoms with Gasteiger partial charge in [-0.25, -0.2) is 4.79 Å². The third-order valence-corrected chi connectivity index (χ3v) is 2.68. The topological polar surface area (TPSA) is 49.8 Å². The zero-order valence-corrected chi connectivity index (χ0v) is 7.51. The monoisotopic (exact) mass is 183 g/mol. The van der Waals surface area contributed by atoms with E-state index in [4.69, 9.17) is 0 Å². The number of aliphatic hydroxyl groups is 1. The van der Waals surface area contributed by atoms with Gasteiger partial charge in [-0.15, -0.1) is 0 Å². The molecule has 0 spiro atoms. The molecule has 1 amide bonds. The second-order valence-electron chi connectivity index (χ2n) is 3.52. The maximum atomic E-state index is 11.3. The molecule has 72 valence electrons. The van der Waals surface area contributed by atoms with Crippen molar-refractivity contribution < 1.29 is 14.6 Å². The number of ether oxygens (including phenoxy) is 1. The molecule has 1 saturated heterocycles. The molecule has 3 atom stereocenters. The lowest BCUT2D eigenvalue weighted by molar-refractivity contribution is 0.0384. The summed E-state index contributed by atoms with van der Waals surface area (Å²) in [5.41, 5.74) is 0. The van der Waals surface area contributed by atoms with Gasteiger partial charge in [-0.2, -0.15) is 0 Å². The summed E-state index contributed by atoms with van der Waals surface area (Å²) < 4.78 is 4.67. The molecular weight excluding hydrogens is 170 g/mol. The van der Waals surface area contributed by atoms with Gasteiger partial charge < -0.3 is 9.84 Å². The Bertz CT molecular complexity index is 235. The second kappa shape index (κ2) is 3.03. The van der Waals surface area contributed by atoms with Crippen molar-refractivity contribution in [3.8, 4) is 0 Å². The minimum absolute atomic E-state index is 0.0289. The molecule has 1 fully saturated rings. The van der Waals surface area contributed by atoms with E-state index in [1.54, 1.807) is 4.90 Å². The summed E-state index contributed by atoms with van der Waals surface area (Å²) in [4.78, 5) is 13.0. The highest BCUT2D eigenvalue weighted by molar-refractivity contribution is 5.70. The average Bonchev–Trinajstić information content (AvgIpc) is 2.37. The van der Waals surface area contributed by atoms with Gasteiger partial charge in [-0.3, -0.25) is 4.90 Å². The summed E-state index contributed by atoms with van der Waals surface area (Å²) in [6, 6.07) is 0.0578. The van der Waals surface area contributed by atoms with Crippen LogP contribution in [-0.2, 0) is 4.74 Å². The van der Waals surface area contributed by atoms with Crippen molar-refractivity contribution in [1.29, 1.82) is 0 Å². The van der Waals surface area contributed by atoms with Crippen LogP contribution in [0.25, 0.3) is 0 Å². The van der Waals surface area contributed by atoms with Crippen molar-refractivity contribution in [3.05, 3.63) is 12.2 Å². The van der Waals surface area contributed by atoms with Crippen molar-refractivity contribution >= 4 is 6.09 Å². The molecule has 2 rings (SSSR count). The van der Waals surface area contributed by atoms with Crippen LogP contribution < -0.4 is 0 Å². The smallest absolute Gasteiger partial charge is 0.410 e. The van der Waals surface area contributed by atoms with Gasteiger partial charge in [0.1, 0.15) is 0 Å². The summed E-state index contributed by atoms with van der Waals surface area (Å²) in [6.45, 7) is 0. The van der Waals surface area contributed by atoms with E-state index >= 15 is 0 Å². The first kappa shape index (κ1) is 8.56. The number of aliphatic hydroxyl groups excluding tert-OH is 1. The van der Waals surface area contributed by atoms with Gasteiger partial charge in [-0.05, 0) is 12.8 Å². The summed E-state index contributed by atoms with van der Waals surface area (Å²) in [5.74, 6) is 0. The van der Waals surface area contributed by atoms with Crippen LogP contribution in [0.1, 0.15) is 12.8 Å². The number of piperidine rings is 1. The zero-order valence-electron chi connectivity index (χ0n) is 7.51. The fourth-order valence-corrected chi connectivity index (χ4v) is 2.10. The summed E-state index contributed by atoms with van der Waals surface area (Å²) in [7, 11) is 1.38. The first-order valence-corrected chi connectivity index (χ1v) is 4.45.